The van der Waals surface area contributed by atoms with Gasteiger partial charge in [0.15, 0.2) is 0 Å². The zero-order chi connectivity index (χ0) is 19.7. The highest BCUT2D eigenvalue weighted by molar-refractivity contribution is 7.92. The molecule has 0 N–H and O–H groups in total. The molecule has 0 unspecified atom stereocenters. The summed E-state index contributed by atoms with van der Waals surface area (Å²) in [7, 11) is -3.60. The van der Waals surface area contributed by atoms with Gasteiger partial charge < -0.3 is 0 Å². The van der Waals surface area contributed by atoms with Crippen LogP contribution in [0.5, 0.6) is 0 Å². The van der Waals surface area contributed by atoms with Gasteiger partial charge in [0.25, 0.3) is 0 Å². The zero-order valence-corrected chi connectivity index (χ0v) is 16.8. The predicted octanol–water partition coefficient (Wildman–Crippen LogP) is 5.14. The highest BCUT2D eigenvalue weighted by Gasteiger charge is 2.36. The van der Waals surface area contributed by atoms with Crippen molar-refractivity contribution in [3.63, 3.8) is 0 Å². The number of hydrogen-bond donors (Lipinski definition) is 0. The molecule has 5 heteroatoms. The summed E-state index contributed by atoms with van der Waals surface area (Å²) in [6, 6.07) is 20.8. The molecule has 28 heavy (non-hydrogen) atoms. The summed E-state index contributed by atoms with van der Waals surface area (Å²) in [4.78, 5) is 5.65. The van der Waals surface area contributed by atoms with Crippen molar-refractivity contribution in [3.8, 4) is 16.8 Å². The van der Waals surface area contributed by atoms with E-state index in [4.69, 9.17) is 4.98 Å². The van der Waals surface area contributed by atoms with Crippen molar-refractivity contribution in [2.75, 3.05) is 0 Å². The first-order valence-electron chi connectivity index (χ1n) is 9.26. The minimum absolute atomic E-state index is 0.252. The van der Waals surface area contributed by atoms with E-state index in [1.165, 1.54) is 0 Å². The maximum absolute atomic E-state index is 13.3. The Hall–Kier alpha value is -2.92. The molecule has 0 amide bonds. The number of nitrogens with zero attached hydrogens (tertiary/aromatic N) is 2. The zero-order valence-electron chi connectivity index (χ0n) is 16.0. The molecule has 140 valence electrons. The van der Waals surface area contributed by atoms with E-state index in [9.17, 15) is 8.42 Å². The summed E-state index contributed by atoms with van der Waals surface area (Å²) in [5.41, 5.74) is 3.79. The van der Waals surface area contributed by atoms with Crippen molar-refractivity contribution >= 4 is 20.9 Å². The van der Waals surface area contributed by atoms with Crippen molar-refractivity contribution in [2.45, 2.75) is 36.0 Å². The number of para-hydroxylation sites is 1. The number of benzene rings is 3. The summed E-state index contributed by atoms with van der Waals surface area (Å²) in [5.74, 6) is 0.856. The van der Waals surface area contributed by atoms with Crippen LogP contribution in [0.15, 0.2) is 76.5 Å². The second-order valence-electron chi connectivity index (χ2n) is 8.17. The lowest BCUT2D eigenvalue weighted by atomic mass is 9.95. The highest BCUT2D eigenvalue weighted by atomic mass is 32.2. The lowest BCUT2D eigenvalue weighted by Gasteiger charge is -2.25. The van der Waals surface area contributed by atoms with Gasteiger partial charge in [-0.3, -0.25) is 4.57 Å². The van der Waals surface area contributed by atoms with Crippen LogP contribution in [0.1, 0.15) is 26.6 Å². The van der Waals surface area contributed by atoms with Crippen molar-refractivity contribution in [1.82, 2.24) is 9.55 Å². The second kappa shape index (κ2) is 5.55. The largest absolute Gasteiger partial charge is 0.293 e. The van der Waals surface area contributed by atoms with Crippen LogP contribution in [0.2, 0.25) is 0 Å². The topological polar surface area (TPSA) is 52.0 Å². The van der Waals surface area contributed by atoms with Crippen LogP contribution in [0, 0.1) is 0 Å². The molecule has 0 radical (unpaired) electrons. The minimum atomic E-state index is -3.60. The Kier molecular flexibility index (Phi) is 3.41. The van der Waals surface area contributed by atoms with Gasteiger partial charge in [0.2, 0.25) is 9.84 Å². The molecule has 4 nitrogen and oxygen atoms in total. The molecular weight excluding hydrogens is 368 g/mol. The van der Waals surface area contributed by atoms with Gasteiger partial charge in [-0.1, -0.05) is 69.3 Å². The van der Waals surface area contributed by atoms with E-state index < -0.39 is 9.84 Å². The van der Waals surface area contributed by atoms with Crippen molar-refractivity contribution in [2.24, 2.45) is 0 Å². The third-order valence-electron chi connectivity index (χ3n) is 5.21. The monoisotopic (exact) mass is 388 g/mol. The summed E-state index contributed by atoms with van der Waals surface area (Å²) >= 11 is 0. The first-order chi connectivity index (χ1) is 13.3. The van der Waals surface area contributed by atoms with Crippen LogP contribution >= 0.6 is 0 Å². The van der Waals surface area contributed by atoms with Gasteiger partial charge in [-0.05, 0) is 23.8 Å². The van der Waals surface area contributed by atoms with E-state index in [2.05, 4.69) is 20.8 Å². The number of sulfone groups is 1. The molecule has 0 spiro atoms. The number of imidazole rings is 1. The Labute approximate surface area is 164 Å². The minimum Gasteiger partial charge on any atom is -0.293 e. The quantitative estimate of drug-likeness (QED) is 0.400. The van der Waals surface area contributed by atoms with E-state index in [0.717, 1.165) is 22.5 Å². The van der Waals surface area contributed by atoms with Gasteiger partial charge in [-0.2, -0.15) is 0 Å². The van der Waals surface area contributed by atoms with Crippen molar-refractivity contribution in [1.29, 1.82) is 0 Å². The van der Waals surface area contributed by atoms with Crippen LogP contribution < -0.4 is 0 Å². The van der Waals surface area contributed by atoms with E-state index in [1.54, 1.807) is 18.2 Å². The molecule has 1 aliphatic rings. The summed E-state index contributed by atoms with van der Waals surface area (Å²) in [6.07, 6.45) is 0. The molecule has 0 bridgehead atoms. The molecule has 2 heterocycles. The Balaban J connectivity index is 2.02. The SMILES string of the molecule is CC(C)(C)c1nc2c(-c3ccccc3)ccc3c2n1-c1ccccc1S3(=O)=O. The molecule has 5 rings (SSSR count). The third kappa shape index (κ3) is 2.23. The fourth-order valence-corrected chi connectivity index (χ4v) is 5.56. The van der Waals surface area contributed by atoms with Crippen LogP contribution in [0.25, 0.3) is 27.8 Å². The van der Waals surface area contributed by atoms with E-state index >= 15 is 0 Å². The molecule has 1 aromatic heterocycles. The molecular formula is C23H20N2O2S. The van der Waals surface area contributed by atoms with E-state index in [0.29, 0.717) is 21.0 Å². The Morgan fingerprint density at radius 2 is 1.50 bits per heavy atom. The van der Waals surface area contributed by atoms with Crippen LogP contribution in [0.3, 0.4) is 0 Å². The molecule has 0 atom stereocenters. The van der Waals surface area contributed by atoms with E-state index in [-0.39, 0.29) is 5.41 Å². The first-order valence-corrected chi connectivity index (χ1v) is 10.7. The molecule has 0 saturated carbocycles. The average molecular weight is 388 g/mol. The second-order valence-corrected chi connectivity index (χ2v) is 10.1. The molecule has 1 aliphatic heterocycles. The highest BCUT2D eigenvalue weighted by Crippen LogP contribution is 2.44. The maximum atomic E-state index is 13.3. The summed E-state index contributed by atoms with van der Waals surface area (Å²) in [6.45, 7) is 6.31. The number of fused-ring (bicyclic) bond motifs is 2. The van der Waals surface area contributed by atoms with Crippen molar-refractivity contribution < 1.29 is 8.42 Å². The normalized spacial score (nSPS) is 14.8. The predicted molar refractivity (Wildman–Crippen MR) is 111 cm³/mol. The van der Waals surface area contributed by atoms with Gasteiger partial charge in [-0.25, -0.2) is 13.4 Å². The molecule has 4 aromatic rings. The van der Waals surface area contributed by atoms with Crippen LogP contribution in [-0.4, -0.2) is 18.0 Å². The number of hydrogen-bond acceptors (Lipinski definition) is 3. The van der Waals surface area contributed by atoms with Gasteiger partial charge >= 0.3 is 0 Å². The van der Waals surface area contributed by atoms with E-state index in [1.807, 2.05) is 53.1 Å². The van der Waals surface area contributed by atoms with Gasteiger partial charge in [-0.15, -0.1) is 0 Å². The van der Waals surface area contributed by atoms with Gasteiger partial charge in [0, 0.05) is 11.0 Å². The molecule has 0 fully saturated rings. The summed E-state index contributed by atoms with van der Waals surface area (Å²) < 4.78 is 28.7. The Bertz CT molecular complexity index is 1340. The van der Waals surface area contributed by atoms with Crippen molar-refractivity contribution in [3.05, 3.63) is 72.6 Å². The molecule has 3 aromatic carbocycles. The number of aromatic nitrogens is 2. The molecule has 0 saturated heterocycles. The van der Waals surface area contributed by atoms with Crippen LogP contribution in [-0.2, 0) is 15.3 Å². The standard InChI is InChI=1S/C23H20N2O2S/c1-23(2,3)22-24-20-16(15-9-5-4-6-10-15)13-14-19-21(20)25(22)17-11-7-8-12-18(17)28(19,26)27/h4-14H,1-3H3. The lowest BCUT2D eigenvalue weighted by Crippen LogP contribution is -2.22. The maximum Gasteiger partial charge on any atom is 0.210 e. The van der Waals surface area contributed by atoms with Crippen LogP contribution in [0.4, 0.5) is 0 Å². The lowest BCUT2D eigenvalue weighted by molar-refractivity contribution is 0.535. The Morgan fingerprint density at radius 3 is 2.21 bits per heavy atom. The number of rotatable bonds is 1. The molecule has 0 aliphatic carbocycles. The Morgan fingerprint density at radius 1 is 0.821 bits per heavy atom. The average Bonchev–Trinajstić information content (AvgIpc) is 3.08. The van der Waals surface area contributed by atoms with Gasteiger partial charge in [0.05, 0.1) is 26.5 Å². The first kappa shape index (κ1) is 17.2. The van der Waals surface area contributed by atoms with Gasteiger partial charge in [0.1, 0.15) is 5.82 Å². The fourth-order valence-electron chi connectivity index (χ4n) is 3.94. The smallest absolute Gasteiger partial charge is 0.210 e. The summed E-state index contributed by atoms with van der Waals surface area (Å²) in [5, 5.41) is 0. The third-order valence-corrected chi connectivity index (χ3v) is 7.04. The fraction of sp³-hybridized carbons (Fsp3) is 0.174.